The highest BCUT2D eigenvalue weighted by atomic mass is 16.5. The number of hydrogen-bond donors (Lipinski definition) is 0. The second kappa shape index (κ2) is 6.88. The lowest BCUT2D eigenvalue weighted by atomic mass is 9.86. The molecule has 2 saturated heterocycles. The monoisotopic (exact) mass is 354 g/mol. The Labute approximate surface area is 154 Å². The number of likely N-dealkylation sites (tertiary alicyclic amines) is 1. The number of nitrogens with zero attached hydrogens (tertiary/aromatic N) is 2. The molecule has 2 aliphatic heterocycles. The van der Waals surface area contributed by atoms with Gasteiger partial charge in [-0.1, -0.05) is 36.4 Å². The van der Waals surface area contributed by atoms with Crippen LogP contribution in [0.25, 0.3) is 0 Å². The molecule has 0 radical (unpaired) electrons. The lowest BCUT2D eigenvalue weighted by Crippen LogP contribution is -2.53. The van der Waals surface area contributed by atoms with Crippen LogP contribution in [-0.2, 0) is 14.3 Å². The Balaban J connectivity index is 1.60. The predicted octanol–water partition coefficient (Wildman–Crippen LogP) is 2.32. The number of allylic oxidation sites excluding steroid dienone is 2. The van der Waals surface area contributed by atoms with Crippen molar-refractivity contribution in [3.8, 4) is 0 Å². The van der Waals surface area contributed by atoms with Crippen LogP contribution < -0.4 is 0 Å². The topological polar surface area (TPSA) is 49.9 Å². The quantitative estimate of drug-likeness (QED) is 0.766. The number of ether oxygens (including phenoxy) is 1. The van der Waals surface area contributed by atoms with Gasteiger partial charge in [-0.15, -0.1) is 0 Å². The maximum atomic E-state index is 13.3. The van der Waals surface area contributed by atoms with Crippen LogP contribution in [0.2, 0.25) is 0 Å². The van der Waals surface area contributed by atoms with Crippen LogP contribution in [0.1, 0.15) is 30.0 Å². The van der Waals surface area contributed by atoms with E-state index in [1.54, 1.807) is 11.9 Å². The minimum Gasteiger partial charge on any atom is -0.356 e. The molecule has 2 fully saturated rings. The highest BCUT2D eigenvalue weighted by Gasteiger charge is 2.45. The number of benzene rings is 1. The van der Waals surface area contributed by atoms with E-state index in [0.29, 0.717) is 11.8 Å². The Bertz CT molecular complexity index is 729. The highest BCUT2D eigenvalue weighted by Crippen LogP contribution is 2.36. The van der Waals surface area contributed by atoms with E-state index in [4.69, 9.17) is 4.74 Å². The third kappa shape index (κ3) is 2.94. The summed E-state index contributed by atoms with van der Waals surface area (Å²) in [6, 6.07) is 7.56. The van der Waals surface area contributed by atoms with Gasteiger partial charge in [-0.3, -0.25) is 9.59 Å². The van der Waals surface area contributed by atoms with Crippen LogP contribution in [0.15, 0.2) is 36.4 Å². The van der Waals surface area contributed by atoms with Crippen molar-refractivity contribution < 1.29 is 14.3 Å². The van der Waals surface area contributed by atoms with E-state index < -0.39 is 6.10 Å². The summed E-state index contributed by atoms with van der Waals surface area (Å²) in [5.41, 5.74) is 2.06. The average molecular weight is 354 g/mol. The fourth-order valence-corrected chi connectivity index (χ4v) is 4.58. The van der Waals surface area contributed by atoms with Gasteiger partial charge in [0.05, 0.1) is 6.04 Å². The molecular weight excluding hydrogens is 328 g/mol. The van der Waals surface area contributed by atoms with Gasteiger partial charge in [-0.25, -0.2) is 0 Å². The molecule has 0 aromatic heterocycles. The molecule has 2 heterocycles. The third-order valence-electron chi connectivity index (χ3n) is 6.17. The maximum Gasteiger partial charge on any atom is 0.254 e. The van der Waals surface area contributed by atoms with Gasteiger partial charge in [0, 0.05) is 20.1 Å². The van der Waals surface area contributed by atoms with Crippen molar-refractivity contribution in [1.82, 2.24) is 9.80 Å². The lowest BCUT2D eigenvalue weighted by molar-refractivity contribution is -0.167. The van der Waals surface area contributed by atoms with Crippen LogP contribution in [0, 0.1) is 18.8 Å². The Morgan fingerprint density at radius 3 is 2.42 bits per heavy atom. The van der Waals surface area contributed by atoms with E-state index in [2.05, 4.69) is 12.2 Å². The van der Waals surface area contributed by atoms with E-state index in [-0.39, 0.29) is 24.5 Å². The standard InChI is InChI=1S/C21H26N2O3/c1-14-7-3-6-10-17(14)19-20(26-13-18(24)22(19)2)21(25)23-11-15-8-4-5-9-16(15)12-23/h3-7,10,15-16,19-20H,8-9,11-13H2,1-2H3/t15-,16+,19-,20+/m1/s1. The number of rotatable bonds is 2. The van der Waals surface area contributed by atoms with Crippen molar-refractivity contribution in [2.45, 2.75) is 31.9 Å². The van der Waals surface area contributed by atoms with Gasteiger partial charge >= 0.3 is 0 Å². The first-order valence-electron chi connectivity index (χ1n) is 9.43. The fraction of sp³-hybridized carbons (Fsp3) is 0.524. The van der Waals surface area contributed by atoms with Crippen molar-refractivity contribution in [3.05, 3.63) is 47.5 Å². The Hall–Kier alpha value is -2.14. The highest BCUT2D eigenvalue weighted by molar-refractivity contribution is 5.86. The molecule has 0 spiro atoms. The minimum absolute atomic E-state index is 0.0204. The zero-order chi connectivity index (χ0) is 18.3. The first-order chi connectivity index (χ1) is 12.6. The molecule has 0 saturated carbocycles. The maximum absolute atomic E-state index is 13.3. The molecule has 138 valence electrons. The van der Waals surface area contributed by atoms with Crippen LogP contribution in [0.5, 0.6) is 0 Å². The molecular formula is C21H26N2O3. The van der Waals surface area contributed by atoms with E-state index in [1.165, 1.54) is 0 Å². The average Bonchev–Trinajstić information content (AvgIpc) is 3.08. The molecule has 4 rings (SSSR count). The molecule has 26 heavy (non-hydrogen) atoms. The second-order valence-electron chi connectivity index (χ2n) is 7.74. The summed E-state index contributed by atoms with van der Waals surface area (Å²) in [6.07, 6.45) is 5.94. The van der Waals surface area contributed by atoms with Gasteiger partial charge in [0.1, 0.15) is 6.61 Å². The van der Waals surface area contributed by atoms with Crippen LogP contribution in [0.3, 0.4) is 0 Å². The number of morpholine rings is 1. The van der Waals surface area contributed by atoms with Crippen molar-refractivity contribution in [3.63, 3.8) is 0 Å². The van der Waals surface area contributed by atoms with Crippen molar-refractivity contribution in [2.24, 2.45) is 11.8 Å². The van der Waals surface area contributed by atoms with Gasteiger partial charge < -0.3 is 14.5 Å². The smallest absolute Gasteiger partial charge is 0.254 e. The van der Waals surface area contributed by atoms with Crippen molar-refractivity contribution in [1.29, 1.82) is 0 Å². The number of likely N-dealkylation sites (N-methyl/N-ethyl adjacent to an activating group) is 1. The van der Waals surface area contributed by atoms with Gasteiger partial charge in [-0.05, 0) is 42.7 Å². The summed E-state index contributed by atoms with van der Waals surface area (Å²) in [4.78, 5) is 29.2. The summed E-state index contributed by atoms with van der Waals surface area (Å²) in [7, 11) is 1.77. The van der Waals surface area contributed by atoms with E-state index >= 15 is 0 Å². The molecule has 0 unspecified atom stereocenters. The molecule has 5 nitrogen and oxygen atoms in total. The first-order valence-corrected chi connectivity index (χ1v) is 9.43. The van der Waals surface area contributed by atoms with Crippen molar-refractivity contribution >= 4 is 11.8 Å². The van der Waals surface area contributed by atoms with Gasteiger partial charge in [0.25, 0.3) is 5.91 Å². The lowest BCUT2D eigenvalue weighted by Gasteiger charge is -2.40. The van der Waals surface area contributed by atoms with Crippen molar-refractivity contribution in [2.75, 3.05) is 26.7 Å². The number of hydrogen-bond acceptors (Lipinski definition) is 3. The third-order valence-corrected chi connectivity index (χ3v) is 6.17. The number of amides is 2. The summed E-state index contributed by atoms with van der Waals surface area (Å²) in [5.74, 6) is 1.06. The van der Waals surface area contributed by atoms with Gasteiger partial charge in [0.2, 0.25) is 5.91 Å². The summed E-state index contributed by atoms with van der Waals surface area (Å²) in [6.45, 7) is 3.58. The minimum atomic E-state index is -0.632. The summed E-state index contributed by atoms with van der Waals surface area (Å²) >= 11 is 0. The largest absolute Gasteiger partial charge is 0.356 e. The van der Waals surface area contributed by atoms with Crippen LogP contribution in [0.4, 0.5) is 0 Å². The predicted molar refractivity (Wildman–Crippen MR) is 98.4 cm³/mol. The number of carbonyl (C=O) groups is 2. The molecule has 1 aromatic rings. The molecule has 1 aromatic carbocycles. The number of aryl methyl sites for hydroxylation is 1. The Kier molecular flexibility index (Phi) is 4.57. The number of carbonyl (C=O) groups excluding carboxylic acids is 2. The molecule has 0 N–H and O–H groups in total. The molecule has 5 heteroatoms. The first kappa shape index (κ1) is 17.3. The zero-order valence-corrected chi connectivity index (χ0v) is 15.4. The van der Waals surface area contributed by atoms with E-state index in [0.717, 1.165) is 37.1 Å². The molecule has 3 aliphatic rings. The van der Waals surface area contributed by atoms with Gasteiger partial charge in [0.15, 0.2) is 6.10 Å². The summed E-state index contributed by atoms with van der Waals surface area (Å²) in [5, 5.41) is 0. The van der Waals surface area contributed by atoms with Gasteiger partial charge in [-0.2, -0.15) is 0 Å². The zero-order valence-electron chi connectivity index (χ0n) is 15.4. The second-order valence-corrected chi connectivity index (χ2v) is 7.74. The van der Waals surface area contributed by atoms with Crippen LogP contribution >= 0.6 is 0 Å². The SMILES string of the molecule is Cc1ccccc1[C@@H]1[C@@H](C(=O)N2C[C@H]3CC=CC[C@H]3C2)OCC(=O)N1C. The normalized spacial score (nSPS) is 31.2. The molecule has 2 amide bonds. The number of fused-ring (bicyclic) bond motifs is 1. The Morgan fingerprint density at radius 2 is 1.77 bits per heavy atom. The Morgan fingerprint density at radius 1 is 1.12 bits per heavy atom. The molecule has 0 bridgehead atoms. The molecule has 4 atom stereocenters. The fourth-order valence-electron chi connectivity index (χ4n) is 4.58. The van der Waals surface area contributed by atoms with E-state index in [1.807, 2.05) is 36.1 Å². The summed E-state index contributed by atoms with van der Waals surface area (Å²) < 4.78 is 5.81. The van der Waals surface area contributed by atoms with Crippen LogP contribution in [-0.4, -0.2) is 54.5 Å². The molecule has 1 aliphatic carbocycles. The van der Waals surface area contributed by atoms with E-state index in [9.17, 15) is 9.59 Å².